The average Bonchev–Trinajstić information content (AvgIpc) is 2.43. The molecule has 19 heavy (non-hydrogen) atoms. The molecule has 0 saturated carbocycles. The third kappa shape index (κ3) is 2.98. The fraction of sp³-hybridized carbons (Fsp3) is 0.647. The molecule has 2 heteroatoms. The first kappa shape index (κ1) is 13.5. The first-order chi connectivity index (χ1) is 9.24. The molecule has 1 aliphatic carbocycles. The van der Waals surface area contributed by atoms with Crippen LogP contribution in [0, 0.1) is 5.92 Å². The quantitative estimate of drug-likeness (QED) is 0.737. The minimum absolute atomic E-state index is 0.384. The molecule has 0 radical (unpaired) electrons. The lowest BCUT2D eigenvalue weighted by molar-refractivity contribution is 0.173. The van der Waals surface area contributed by atoms with E-state index in [-0.39, 0.29) is 0 Å². The number of hydrogen-bond acceptors (Lipinski definition) is 1. The van der Waals surface area contributed by atoms with Crippen molar-refractivity contribution in [2.75, 3.05) is 19.6 Å². The van der Waals surface area contributed by atoms with E-state index in [9.17, 15) is 0 Å². The summed E-state index contributed by atoms with van der Waals surface area (Å²) >= 11 is 6.33. The summed E-state index contributed by atoms with van der Waals surface area (Å²) in [5, 5.41) is 0.384. The highest BCUT2D eigenvalue weighted by Crippen LogP contribution is 2.33. The van der Waals surface area contributed by atoms with Gasteiger partial charge in [0, 0.05) is 18.5 Å². The second kappa shape index (κ2) is 5.85. The van der Waals surface area contributed by atoms with Gasteiger partial charge in [0.1, 0.15) is 0 Å². The summed E-state index contributed by atoms with van der Waals surface area (Å²) < 4.78 is 0. The fourth-order valence-corrected chi connectivity index (χ4v) is 3.90. The molecule has 1 aromatic carbocycles. The molecule has 1 fully saturated rings. The van der Waals surface area contributed by atoms with Gasteiger partial charge in [-0.2, -0.15) is 0 Å². The van der Waals surface area contributed by atoms with Crippen molar-refractivity contribution < 1.29 is 0 Å². The lowest BCUT2D eigenvalue weighted by Crippen LogP contribution is -2.42. The van der Waals surface area contributed by atoms with Crippen molar-refractivity contribution in [3.05, 3.63) is 35.4 Å². The molecule has 1 nitrogen and oxygen atoms in total. The zero-order chi connectivity index (χ0) is 13.2. The van der Waals surface area contributed by atoms with E-state index in [1.54, 1.807) is 11.1 Å². The largest absolute Gasteiger partial charge is 0.302 e. The molecule has 1 saturated heterocycles. The number of alkyl halides is 1. The Hall–Kier alpha value is -0.530. The third-order valence-corrected chi connectivity index (χ3v) is 5.51. The van der Waals surface area contributed by atoms with Gasteiger partial charge >= 0.3 is 0 Å². The van der Waals surface area contributed by atoms with Crippen molar-refractivity contribution in [3.8, 4) is 0 Å². The van der Waals surface area contributed by atoms with Gasteiger partial charge in [0.05, 0.1) is 0 Å². The van der Waals surface area contributed by atoms with Gasteiger partial charge in [-0.05, 0) is 55.2 Å². The molecular weight excluding hydrogens is 254 g/mol. The first-order valence-electron chi connectivity index (χ1n) is 7.68. The molecule has 0 bridgehead atoms. The Morgan fingerprint density at radius 3 is 2.95 bits per heavy atom. The number of benzene rings is 1. The molecule has 3 atom stereocenters. The molecule has 0 amide bonds. The Kier molecular flexibility index (Phi) is 4.14. The van der Waals surface area contributed by atoms with E-state index in [2.05, 4.69) is 36.1 Å². The van der Waals surface area contributed by atoms with E-state index in [1.807, 2.05) is 0 Å². The van der Waals surface area contributed by atoms with E-state index in [1.165, 1.54) is 38.9 Å². The summed E-state index contributed by atoms with van der Waals surface area (Å²) in [4.78, 5) is 2.64. The molecule has 1 heterocycles. The minimum Gasteiger partial charge on any atom is -0.302 e. The van der Waals surface area contributed by atoms with E-state index >= 15 is 0 Å². The summed E-state index contributed by atoms with van der Waals surface area (Å²) in [7, 11) is 0. The number of nitrogens with zero attached hydrogens (tertiary/aromatic N) is 1. The zero-order valence-electron chi connectivity index (χ0n) is 11.8. The zero-order valence-corrected chi connectivity index (χ0v) is 12.6. The van der Waals surface area contributed by atoms with Crippen molar-refractivity contribution in [2.45, 2.75) is 43.9 Å². The highest BCUT2D eigenvalue weighted by atomic mass is 35.5. The molecule has 1 aliphatic heterocycles. The van der Waals surface area contributed by atoms with Crippen LogP contribution in [-0.4, -0.2) is 29.9 Å². The highest BCUT2D eigenvalue weighted by molar-refractivity contribution is 6.20. The smallest absolute Gasteiger partial charge is 0.0386 e. The summed E-state index contributed by atoms with van der Waals surface area (Å²) in [5.41, 5.74) is 3.19. The second-order valence-electron chi connectivity index (χ2n) is 6.33. The standard InChI is InChI=1S/C17H24ClN/c1-13-11-19(10-9-17(13)18)12-15-7-4-6-14-5-2-3-8-16(14)15/h2-3,5,8,13,15,17H,4,6-7,9-12H2,1H3. The van der Waals surface area contributed by atoms with Crippen LogP contribution >= 0.6 is 11.6 Å². The van der Waals surface area contributed by atoms with Gasteiger partial charge in [-0.1, -0.05) is 31.2 Å². The van der Waals surface area contributed by atoms with Crippen LogP contribution in [0.1, 0.15) is 43.2 Å². The summed E-state index contributed by atoms with van der Waals surface area (Å²) in [5.74, 6) is 1.37. The highest BCUT2D eigenvalue weighted by Gasteiger charge is 2.27. The van der Waals surface area contributed by atoms with Crippen molar-refractivity contribution in [3.63, 3.8) is 0 Å². The average molecular weight is 278 g/mol. The van der Waals surface area contributed by atoms with Gasteiger partial charge in [-0.15, -0.1) is 11.6 Å². The monoisotopic (exact) mass is 277 g/mol. The number of hydrogen-bond donors (Lipinski definition) is 0. The summed E-state index contributed by atoms with van der Waals surface area (Å²) in [6.07, 6.45) is 5.12. The Labute approximate surface area is 121 Å². The second-order valence-corrected chi connectivity index (χ2v) is 6.89. The lowest BCUT2D eigenvalue weighted by atomic mass is 9.82. The number of halogens is 1. The van der Waals surface area contributed by atoms with Crippen LogP contribution in [0.15, 0.2) is 24.3 Å². The lowest BCUT2D eigenvalue weighted by Gasteiger charge is -2.37. The van der Waals surface area contributed by atoms with Crippen LogP contribution in [0.25, 0.3) is 0 Å². The molecule has 3 unspecified atom stereocenters. The van der Waals surface area contributed by atoms with Gasteiger partial charge in [0.15, 0.2) is 0 Å². The maximum Gasteiger partial charge on any atom is 0.0386 e. The molecule has 1 aromatic rings. The van der Waals surface area contributed by atoms with E-state index in [4.69, 9.17) is 11.6 Å². The number of rotatable bonds is 2. The fourth-order valence-electron chi connectivity index (χ4n) is 3.73. The van der Waals surface area contributed by atoms with Gasteiger partial charge in [-0.25, -0.2) is 0 Å². The molecule has 0 spiro atoms. The maximum absolute atomic E-state index is 6.33. The summed E-state index contributed by atoms with van der Waals surface area (Å²) in [6, 6.07) is 9.04. The summed E-state index contributed by atoms with van der Waals surface area (Å²) in [6.45, 7) is 5.87. The molecule has 0 aromatic heterocycles. The van der Waals surface area contributed by atoms with Crippen molar-refractivity contribution >= 4 is 11.6 Å². The Bertz CT molecular complexity index is 431. The third-order valence-electron chi connectivity index (χ3n) is 4.86. The Balaban J connectivity index is 1.68. The van der Waals surface area contributed by atoms with Gasteiger partial charge in [0.25, 0.3) is 0 Å². The van der Waals surface area contributed by atoms with E-state index in [0.717, 1.165) is 12.3 Å². The molecule has 3 rings (SSSR count). The molecular formula is C17H24ClN. The number of aryl methyl sites for hydroxylation is 1. The molecule has 0 N–H and O–H groups in total. The van der Waals surface area contributed by atoms with Gasteiger partial charge < -0.3 is 4.90 Å². The Morgan fingerprint density at radius 2 is 2.11 bits per heavy atom. The van der Waals surface area contributed by atoms with Crippen LogP contribution in [0.3, 0.4) is 0 Å². The van der Waals surface area contributed by atoms with Gasteiger partial charge in [0.2, 0.25) is 0 Å². The number of fused-ring (bicyclic) bond motifs is 1. The van der Waals surface area contributed by atoms with Crippen LogP contribution in [0.5, 0.6) is 0 Å². The normalized spacial score (nSPS) is 32.0. The van der Waals surface area contributed by atoms with Crippen LogP contribution in [-0.2, 0) is 6.42 Å². The SMILES string of the molecule is CC1CN(CC2CCCc3ccccc32)CCC1Cl. The topological polar surface area (TPSA) is 3.24 Å². The van der Waals surface area contributed by atoms with Crippen LogP contribution in [0.2, 0.25) is 0 Å². The van der Waals surface area contributed by atoms with Gasteiger partial charge in [-0.3, -0.25) is 0 Å². The maximum atomic E-state index is 6.33. The minimum atomic E-state index is 0.384. The number of likely N-dealkylation sites (tertiary alicyclic amines) is 1. The van der Waals surface area contributed by atoms with E-state index < -0.39 is 0 Å². The van der Waals surface area contributed by atoms with E-state index in [0.29, 0.717) is 11.3 Å². The number of piperidine rings is 1. The molecule has 104 valence electrons. The predicted molar refractivity (Wildman–Crippen MR) is 82.0 cm³/mol. The first-order valence-corrected chi connectivity index (χ1v) is 8.12. The van der Waals surface area contributed by atoms with Crippen molar-refractivity contribution in [1.82, 2.24) is 4.90 Å². The van der Waals surface area contributed by atoms with Crippen molar-refractivity contribution in [1.29, 1.82) is 0 Å². The molecule has 2 aliphatic rings. The van der Waals surface area contributed by atoms with Crippen LogP contribution in [0.4, 0.5) is 0 Å². The predicted octanol–water partition coefficient (Wildman–Crippen LogP) is 4.06. The van der Waals surface area contributed by atoms with Crippen LogP contribution < -0.4 is 0 Å². The Morgan fingerprint density at radius 1 is 1.26 bits per heavy atom. The van der Waals surface area contributed by atoms with Crippen molar-refractivity contribution in [2.24, 2.45) is 5.92 Å².